The van der Waals surface area contributed by atoms with Crippen molar-refractivity contribution < 1.29 is 14.3 Å². The van der Waals surface area contributed by atoms with Crippen LogP contribution in [0, 0.1) is 0 Å². The molecule has 4 nitrogen and oxygen atoms in total. The smallest absolute Gasteiger partial charge is 0.330 e. The Kier molecular flexibility index (Phi) is 5.27. The van der Waals surface area contributed by atoms with E-state index in [1.807, 2.05) is 0 Å². The summed E-state index contributed by atoms with van der Waals surface area (Å²) < 4.78 is 4.79. The van der Waals surface area contributed by atoms with Gasteiger partial charge in [0.15, 0.2) is 0 Å². The van der Waals surface area contributed by atoms with Crippen molar-refractivity contribution in [2.75, 3.05) is 6.54 Å². The van der Waals surface area contributed by atoms with Gasteiger partial charge in [0, 0.05) is 6.08 Å². The molecule has 1 amide bonds. The van der Waals surface area contributed by atoms with Gasteiger partial charge in [-0.1, -0.05) is 13.2 Å². The second-order valence-corrected chi connectivity index (χ2v) is 2.40. The average Bonchev–Trinajstić information content (AvgIpc) is 2.13. The molecule has 0 aliphatic rings. The summed E-state index contributed by atoms with van der Waals surface area (Å²) in [5.74, 6) is -0.790. The lowest BCUT2D eigenvalue weighted by Crippen LogP contribution is -2.31. The Morgan fingerprint density at radius 1 is 1.46 bits per heavy atom. The van der Waals surface area contributed by atoms with Crippen LogP contribution >= 0.6 is 0 Å². The summed E-state index contributed by atoms with van der Waals surface area (Å²) in [4.78, 5) is 21.3. The first-order valence-electron chi connectivity index (χ1n) is 3.83. The zero-order valence-electron chi connectivity index (χ0n) is 7.58. The van der Waals surface area contributed by atoms with E-state index in [2.05, 4.69) is 18.5 Å². The van der Waals surface area contributed by atoms with Gasteiger partial charge in [-0.2, -0.15) is 0 Å². The standard InChI is InChI=1S/C9H13NO3/c1-4-8(11)10-6-7(3)13-9(12)5-2/h4-5,7H,1-2,6H2,3H3,(H,10,11). The SMILES string of the molecule is C=CC(=O)NCC(C)OC(=O)C=C. The molecule has 4 heteroatoms. The molecule has 0 saturated heterocycles. The minimum atomic E-state index is -0.500. The van der Waals surface area contributed by atoms with Crippen molar-refractivity contribution in [2.24, 2.45) is 0 Å². The predicted molar refractivity (Wildman–Crippen MR) is 49.0 cm³/mol. The lowest BCUT2D eigenvalue weighted by atomic mass is 10.4. The van der Waals surface area contributed by atoms with Crippen LogP contribution < -0.4 is 5.32 Å². The van der Waals surface area contributed by atoms with Gasteiger partial charge in [-0.3, -0.25) is 4.79 Å². The summed E-state index contributed by atoms with van der Waals surface area (Å²) in [5.41, 5.74) is 0. The highest BCUT2D eigenvalue weighted by Crippen LogP contribution is 1.90. The third-order valence-corrected chi connectivity index (χ3v) is 1.23. The number of carbonyl (C=O) groups is 2. The number of nitrogens with one attached hydrogen (secondary N) is 1. The van der Waals surface area contributed by atoms with E-state index < -0.39 is 5.97 Å². The first-order chi connectivity index (χ1) is 6.10. The molecule has 0 aromatic carbocycles. The van der Waals surface area contributed by atoms with Gasteiger partial charge in [0.2, 0.25) is 5.91 Å². The summed E-state index contributed by atoms with van der Waals surface area (Å²) in [5, 5.41) is 2.49. The summed E-state index contributed by atoms with van der Waals surface area (Å²) in [7, 11) is 0. The van der Waals surface area contributed by atoms with Crippen LogP contribution in [0.15, 0.2) is 25.3 Å². The topological polar surface area (TPSA) is 55.4 Å². The molecular weight excluding hydrogens is 170 g/mol. The van der Waals surface area contributed by atoms with Gasteiger partial charge >= 0.3 is 5.97 Å². The Morgan fingerprint density at radius 3 is 2.54 bits per heavy atom. The minimum Gasteiger partial charge on any atom is -0.458 e. The third-order valence-electron chi connectivity index (χ3n) is 1.23. The van der Waals surface area contributed by atoms with E-state index in [0.717, 1.165) is 12.2 Å². The molecule has 1 unspecified atom stereocenters. The lowest BCUT2D eigenvalue weighted by molar-refractivity contribution is -0.142. The number of hydrogen-bond donors (Lipinski definition) is 1. The molecule has 0 aromatic rings. The highest BCUT2D eigenvalue weighted by molar-refractivity contribution is 5.86. The molecule has 0 rings (SSSR count). The molecule has 1 N–H and O–H groups in total. The second-order valence-electron chi connectivity index (χ2n) is 2.40. The maximum Gasteiger partial charge on any atom is 0.330 e. The van der Waals surface area contributed by atoms with Crippen LogP contribution in [0.4, 0.5) is 0 Å². The van der Waals surface area contributed by atoms with Crippen molar-refractivity contribution in [1.82, 2.24) is 5.32 Å². The highest BCUT2D eigenvalue weighted by Gasteiger charge is 2.06. The van der Waals surface area contributed by atoms with Crippen LogP contribution in [0.2, 0.25) is 0 Å². The molecule has 0 spiro atoms. The van der Waals surface area contributed by atoms with E-state index in [4.69, 9.17) is 4.74 Å². The summed E-state index contributed by atoms with van der Waals surface area (Å²) in [6, 6.07) is 0. The van der Waals surface area contributed by atoms with Crippen molar-refractivity contribution in [3.63, 3.8) is 0 Å². The first-order valence-corrected chi connectivity index (χ1v) is 3.83. The number of ether oxygens (including phenoxy) is 1. The number of esters is 1. The molecule has 0 radical (unpaired) electrons. The number of hydrogen-bond acceptors (Lipinski definition) is 3. The molecule has 0 aliphatic carbocycles. The zero-order chi connectivity index (χ0) is 10.3. The van der Waals surface area contributed by atoms with Crippen LogP contribution in [0.1, 0.15) is 6.92 Å². The quantitative estimate of drug-likeness (QED) is 0.496. The van der Waals surface area contributed by atoms with Crippen molar-refractivity contribution in [3.05, 3.63) is 25.3 Å². The summed E-state index contributed by atoms with van der Waals surface area (Å²) >= 11 is 0. The van der Waals surface area contributed by atoms with Crippen LogP contribution in [0.25, 0.3) is 0 Å². The Balaban J connectivity index is 3.68. The van der Waals surface area contributed by atoms with Crippen LogP contribution in [0.5, 0.6) is 0 Å². The van der Waals surface area contributed by atoms with Crippen molar-refractivity contribution in [2.45, 2.75) is 13.0 Å². The maximum atomic E-state index is 10.7. The largest absolute Gasteiger partial charge is 0.458 e. The minimum absolute atomic E-state index is 0.268. The van der Waals surface area contributed by atoms with E-state index in [1.54, 1.807) is 6.92 Å². The van der Waals surface area contributed by atoms with Crippen LogP contribution in [0.3, 0.4) is 0 Å². The maximum absolute atomic E-state index is 10.7. The lowest BCUT2D eigenvalue weighted by Gasteiger charge is -2.11. The molecule has 1 atom stereocenters. The molecule has 0 bridgehead atoms. The summed E-state index contributed by atoms with van der Waals surface area (Å²) in [6.07, 6.45) is 1.86. The number of amides is 1. The Bertz CT molecular complexity index is 223. The number of carbonyl (C=O) groups excluding carboxylic acids is 2. The Hall–Kier alpha value is -1.58. The van der Waals surface area contributed by atoms with Crippen molar-refractivity contribution in [3.8, 4) is 0 Å². The Morgan fingerprint density at radius 2 is 2.08 bits per heavy atom. The fourth-order valence-corrected chi connectivity index (χ4v) is 0.605. The van der Waals surface area contributed by atoms with Gasteiger partial charge in [0.1, 0.15) is 6.10 Å². The van der Waals surface area contributed by atoms with E-state index in [1.165, 1.54) is 0 Å². The Labute approximate surface area is 77.3 Å². The average molecular weight is 183 g/mol. The highest BCUT2D eigenvalue weighted by atomic mass is 16.5. The van der Waals surface area contributed by atoms with Gasteiger partial charge < -0.3 is 10.1 Å². The van der Waals surface area contributed by atoms with Gasteiger partial charge in [0.05, 0.1) is 6.54 Å². The molecule has 0 fully saturated rings. The van der Waals surface area contributed by atoms with Gasteiger partial charge in [0.25, 0.3) is 0 Å². The van der Waals surface area contributed by atoms with Gasteiger partial charge in [-0.25, -0.2) is 4.79 Å². The van der Waals surface area contributed by atoms with E-state index in [9.17, 15) is 9.59 Å². The normalized spacial score (nSPS) is 11.2. The molecule has 13 heavy (non-hydrogen) atoms. The first kappa shape index (κ1) is 11.4. The van der Waals surface area contributed by atoms with E-state index in [-0.39, 0.29) is 18.6 Å². The fourth-order valence-electron chi connectivity index (χ4n) is 0.605. The molecule has 0 aliphatic heterocycles. The fraction of sp³-hybridized carbons (Fsp3) is 0.333. The van der Waals surface area contributed by atoms with Gasteiger partial charge in [-0.05, 0) is 13.0 Å². The van der Waals surface area contributed by atoms with Crippen molar-refractivity contribution in [1.29, 1.82) is 0 Å². The third kappa shape index (κ3) is 5.66. The van der Waals surface area contributed by atoms with Crippen molar-refractivity contribution >= 4 is 11.9 Å². The van der Waals surface area contributed by atoms with Gasteiger partial charge in [-0.15, -0.1) is 0 Å². The second kappa shape index (κ2) is 5.99. The zero-order valence-corrected chi connectivity index (χ0v) is 7.58. The van der Waals surface area contributed by atoms with Crippen LogP contribution in [-0.2, 0) is 14.3 Å². The monoisotopic (exact) mass is 183 g/mol. The molecule has 72 valence electrons. The van der Waals surface area contributed by atoms with E-state index in [0.29, 0.717) is 0 Å². The summed E-state index contributed by atoms with van der Waals surface area (Å²) in [6.45, 7) is 8.47. The molecule has 0 heterocycles. The van der Waals surface area contributed by atoms with Crippen LogP contribution in [-0.4, -0.2) is 24.5 Å². The number of rotatable bonds is 5. The predicted octanol–water partition coefficient (Wildman–Crippen LogP) is 0.406. The molecular formula is C9H13NO3. The molecule has 0 saturated carbocycles. The van der Waals surface area contributed by atoms with E-state index >= 15 is 0 Å². The molecule has 0 aromatic heterocycles.